The number of carbonyl (C=O) groups is 2. The van der Waals surface area contributed by atoms with Gasteiger partial charge in [-0.1, -0.05) is 30.3 Å². The van der Waals surface area contributed by atoms with Crippen molar-refractivity contribution in [1.82, 2.24) is 5.32 Å². The Labute approximate surface area is 117 Å². The van der Waals surface area contributed by atoms with E-state index in [2.05, 4.69) is 10.1 Å². The van der Waals surface area contributed by atoms with E-state index >= 15 is 0 Å². The predicted octanol–water partition coefficient (Wildman–Crippen LogP) is 1.23. The minimum absolute atomic E-state index is 0.145. The van der Waals surface area contributed by atoms with Crippen molar-refractivity contribution in [3.8, 4) is 0 Å². The molecule has 0 saturated carbocycles. The van der Waals surface area contributed by atoms with E-state index in [0.29, 0.717) is 0 Å². The highest BCUT2D eigenvalue weighted by Crippen LogP contribution is 2.03. The summed E-state index contributed by atoms with van der Waals surface area (Å²) < 4.78 is 9.44. The number of hydrogen-bond donors (Lipinski definition) is 2. The van der Waals surface area contributed by atoms with Gasteiger partial charge in [0.2, 0.25) is 0 Å². The summed E-state index contributed by atoms with van der Waals surface area (Å²) in [5.41, 5.74) is 0.866. The highest BCUT2D eigenvalue weighted by Gasteiger charge is 2.20. The van der Waals surface area contributed by atoms with Crippen molar-refractivity contribution in [2.24, 2.45) is 0 Å². The van der Waals surface area contributed by atoms with E-state index in [0.717, 1.165) is 5.56 Å². The average Bonchev–Trinajstić information content (AvgIpc) is 2.45. The van der Waals surface area contributed by atoms with Gasteiger partial charge in [0.05, 0.1) is 25.7 Å². The number of alkyl carbamates (subject to hydrolysis) is 1. The SMILES string of the molecule is COC(=O)C[C@H](O)[C@H](C)NC(=O)OCc1ccccc1. The zero-order valence-corrected chi connectivity index (χ0v) is 11.5. The lowest BCUT2D eigenvalue weighted by atomic mass is 10.1. The van der Waals surface area contributed by atoms with Crippen LogP contribution in [0.1, 0.15) is 18.9 Å². The number of carbonyl (C=O) groups excluding carboxylic acids is 2. The van der Waals surface area contributed by atoms with Crippen molar-refractivity contribution in [2.45, 2.75) is 32.1 Å². The maximum Gasteiger partial charge on any atom is 0.407 e. The van der Waals surface area contributed by atoms with Gasteiger partial charge in [0.15, 0.2) is 0 Å². The number of aliphatic hydroxyl groups excluding tert-OH is 1. The molecule has 2 atom stereocenters. The number of ether oxygens (including phenoxy) is 2. The van der Waals surface area contributed by atoms with E-state index in [1.165, 1.54) is 7.11 Å². The summed E-state index contributed by atoms with van der Waals surface area (Å²) in [6.07, 6.45) is -1.85. The summed E-state index contributed by atoms with van der Waals surface area (Å²) in [7, 11) is 1.24. The lowest BCUT2D eigenvalue weighted by molar-refractivity contribution is -0.143. The molecule has 1 aromatic carbocycles. The fraction of sp³-hybridized carbons (Fsp3) is 0.429. The maximum atomic E-state index is 11.5. The van der Waals surface area contributed by atoms with E-state index in [-0.39, 0.29) is 13.0 Å². The summed E-state index contributed by atoms with van der Waals surface area (Å²) in [5.74, 6) is -0.538. The number of amides is 1. The summed E-state index contributed by atoms with van der Waals surface area (Å²) in [4.78, 5) is 22.5. The number of benzene rings is 1. The van der Waals surface area contributed by atoms with Crippen LogP contribution < -0.4 is 5.32 Å². The van der Waals surface area contributed by atoms with Gasteiger partial charge in [-0.2, -0.15) is 0 Å². The molecule has 1 amide bonds. The summed E-state index contributed by atoms with van der Waals surface area (Å²) in [6.45, 7) is 1.73. The monoisotopic (exact) mass is 281 g/mol. The van der Waals surface area contributed by atoms with Crippen molar-refractivity contribution < 1.29 is 24.2 Å². The van der Waals surface area contributed by atoms with Crippen molar-refractivity contribution >= 4 is 12.1 Å². The van der Waals surface area contributed by atoms with Crippen LogP contribution in [-0.4, -0.2) is 36.4 Å². The zero-order chi connectivity index (χ0) is 15.0. The minimum Gasteiger partial charge on any atom is -0.469 e. The smallest absolute Gasteiger partial charge is 0.407 e. The van der Waals surface area contributed by atoms with Gasteiger partial charge in [0.25, 0.3) is 0 Å². The van der Waals surface area contributed by atoms with E-state index in [4.69, 9.17) is 4.74 Å². The first kappa shape index (κ1) is 16.0. The molecule has 0 unspecified atom stereocenters. The van der Waals surface area contributed by atoms with Crippen molar-refractivity contribution in [3.05, 3.63) is 35.9 Å². The van der Waals surface area contributed by atoms with Crippen molar-refractivity contribution in [1.29, 1.82) is 0 Å². The lowest BCUT2D eigenvalue weighted by Crippen LogP contribution is -2.42. The first-order valence-electron chi connectivity index (χ1n) is 6.25. The van der Waals surface area contributed by atoms with Crippen LogP contribution in [0.3, 0.4) is 0 Å². The normalized spacial score (nSPS) is 13.2. The van der Waals surface area contributed by atoms with Gasteiger partial charge in [-0.05, 0) is 12.5 Å². The van der Waals surface area contributed by atoms with Crippen LogP contribution in [0.5, 0.6) is 0 Å². The van der Waals surface area contributed by atoms with E-state index in [1.807, 2.05) is 30.3 Å². The third-order valence-corrected chi connectivity index (χ3v) is 2.74. The second-order valence-electron chi connectivity index (χ2n) is 4.34. The second-order valence-corrected chi connectivity index (χ2v) is 4.34. The molecule has 1 aromatic rings. The molecule has 0 aliphatic carbocycles. The van der Waals surface area contributed by atoms with Crippen LogP contribution in [0.15, 0.2) is 30.3 Å². The number of methoxy groups -OCH3 is 1. The summed E-state index contributed by atoms with van der Waals surface area (Å²) in [5, 5.41) is 12.1. The van der Waals surface area contributed by atoms with Crippen LogP contribution in [0, 0.1) is 0 Å². The Kier molecular flexibility index (Phi) is 6.52. The summed E-state index contributed by atoms with van der Waals surface area (Å²) in [6, 6.07) is 8.62. The Bertz CT molecular complexity index is 434. The van der Waals surface area contributed by atoms with Crippen LogP contribution in [0.25, 0.3) is 0 Å². The number of esters is 1. The van der Waals surface area contributed by atoms with Crippen LogP contribution in [0.4, 0.5) is 4.79 Å². The van der Waals surface area contributed by atoms with Gasteiger partial charge >= 0.3 is 12.1 Å². The number of aliphatic hydroxyl groups is 1. The van der Waals surface area contributed by atoms with Crippen LogP contribution in [-0.2, 0) is 20.9 Å². The highest BCUT2D eigenvalue weighted by molar-refractivity contribution is 5.70. The van der Waals surface area contributed by atoms with Crippen LogP contribution in [0.2, 0.25) is 0 Å². The van der Waals surface area contributed by atoms with E-state index < -0.39 is 24.2 Å². The first-order valence-corrected chi connectivity index (χ1v) is 6.25. The molecule has 6 heteroatoms. The van der Waals surface area contributed by atoms with Gasteiger partial charge in [0, 0.05) is 0 Å². The van der Waals surface area contributed by atoms with Crippen molar-refractivity contribution in [3.63, 3.8) is 0 Å². The van der Waals surface area contributed by atoms with Gasteiger partial charge in [-0.15, -0.1) is 0 Å². The molecule has 0 aromatic heterocycles. The first-order chi connectivity index (χ1) is 9.52. The molecule has 0 heterocycles. The van der Waals surface area contributed by atoms with Gasteiger partial charge in [-0.3, -0.25) is 4.79 Å². The molecule has 0 aliphatic rings. The predicted molar refractivity (Wildman–Crippen MR) is 71.9 cm³/mol. The largest absolute Gasteiger partial charge is 0.469 e. The zero-order valence-electron chi connectivity index (χ0n) is 11.5. The average molecular weight is 281 g/mol. The summed E-state index contributed by atoms with van der Waals surface area (Å²) >= 11 is 0. The molecule has 0 fully saturated rings. The molecule has 2 N–H and O–H groups in total. The lowest BCUT2D eigenvalue weighted by Gasteiger charge is -2.19. The molecule has 110 valence electrons. The van der Waals surface area contributed by atoms with Crippen molar-refractivity contribution in [2.75, 3.05) is 7.11 Å². The Morgan fingerprint density at radius 2 is 1.95 bits per heavy atom. The van der Waals surface area contributed by atoms with Gasteiger partial charge in [-0.25, -0.2) is 4.79 Å². The number of hydrogen-bond acceptors (Lipinski definition) is 5. The molecule has 0 radical (unpaired) electrons. The molecule has 20 heavy (non-hydrogen) atoms. The Balaban J connectivity index is 2.32. The topological polar surface area (TPSA) is 84.9 Å². The molecule has 6 nitrogen and oxygen atoms in total. The minimum atomic E-state index is -1.02. The number of nitrogens with one attached hydrogen (secondary N) is 1. The quantitative estimate of drug-likeness (QED) is 0.766. The fourth-order valence-corrected chi connectivity index (χ4v) is 1.48. The standard InChI is InChI=1S/C14H19NO5/c1-10(12(16)8-13(17)19-2)15-14(18)20-9-11-6-4-3-5-7-11/h3-7,10,12,16H,8-9H2,1-2H3,(H,15,18)/t10-,12-/m0/s1. The Morgan fingerprint density at radius 1 is 1.30 bits per heavy atom. The Morgan fingerprint density at radius 3 is 2.55 bits per heavy atom. The number of rotatable bonds is 6. The highest BCUT2D eigenvalue weighted by atomic mass is 16.5. The molecule has 0 saturated heterocycles. The molecule has 0 aliphatic heterocycles. The molecular weight excluding hydrogens is 262 g/mol. The molecule has 0 bridgehead atoms. The molecule has 1 rings (SSSR count). The van der Waals surface area contributed by atoms with E-state index in [1.54, 1.807) is 6.92 Å². The molecule has 0 spiro atoms. The maximum absolute atomic E-state index is 11.5. The van der Waals surface area contributed by atoms with Crippen LogP contribution >= 0.6 is 0 Å². The third-order valence-electron chi connectivity index (χ3n) is 2.74. The second kappa shape index (κ2) is 8.16. The van der Waals surface area contributed by atoms with Gasteiger partial charge < -0.3 is 19.9 Å². The molecular formula is C14H19NO5. The third kappa shape index (κ3) is 5.71. The van der Waals surface area contributed by atoms with E-state index in [9.17, 15) is 14.7 Å². The van der Waals surface area contributed by atoms with Gasteiger partial charge in [0.1, 0.15) is 6.61 Å². The Hall–Kier alpha value is -2.08. The fourth-order valence-electron chi connectivity index (χ4n) is 1.48.